The maximum Gasteiger partial charge on any atom is 0.300 e. The molecular formula is C30H31NO5. The van der Waals surface area contributed by atoms with Gasteiger partial charge in [-0.25, -0.2) is 0 Å². The normalized spacial score (nSPS) is 17.2. The summed E-state index contributed by atoms with van der Waals surface area (Å²) in [4.78, 5) is 28.1. The topological polar surface area (TPSA) is 76.1 Å². The maximum absolute atomic E-state index is 13.3. The standard InChI is InChI=1S/C30H31NO5/c1-18(2)35-24-14-11-21(12-15-24)27-26(29(33)30(34)31(27)23-9-7-6-8-10-23)28(32)22-13-16-25(20(5)17-22)36-19(3)4/h6-19,27,32H,1-5H3/b28-26-. The molecule has 1 fully saturated rings. The Labute approximate surface area is 211 Å². The number of ether oxygens (including phenoxy) is 2. The number of Topliss-reactive ketones (excluding diaryl/α,β-unsaturated/α-hetero) is 1. The molecule has 3 aromatic rings. The zero-order chi connectivity index (χ0) is 26.0. The van der Waals surface area contributed by atoms with Gasteiger partial charge in [-0.1, -0.05) is 30.3 Å². The Hall–Kier alpha value is -4.06. The Morgan fingerprint density at radius 1 is 0.861 bits per heavy atom. The number of para-hydroxylation sites is 1. The van der Waals surface area contributed by atoms with E-state index in [1.807, 2.05) is 77.1 Å². The van der Waals surface area contributed by atoms with Crippen LogP contribution in [0.15, 0.2) is 78.4 Å². The minimum absolute atomic E-state index is 0.00184. The SMILES string of the molecule is Cc1cc(/C(O)=C2/C(=O)C(=O)N(c3ccccc3)C2c2ccc(OC(C)C)cc2)ccc1OC(C)C. The smallest absolute Gasteiger partial charge is 0.300 e. The second-order valence-corrected chi connectivity index (χ2v) is 9.39. The van der Waals surface area contributed by atoms with Crippen molar-refractivity contribution in [2.75, 3.05) is 4.90 Å². The summed E-state index contributed by atoms with van der Waals surface area (Å²) < 4.78 is 11.6. The van der Waals surface area contributed by atoms with Gasteiger partial charge >= 0.3 is 0 Å². The third-order valence-electron chi connectivity index (χ3n) is 5.86. The molecule has 0 bridgehead atoms. The molecule has 1 aliphatic heterocycles. The van der Waals surface area contributed by atoms with Gasteiger partial charge in [-0.05, 0) is 88.2 Å². The van der Waals surface area contributed by atoms with Gasteiger partial charge in [-0.2, -0.15) is 0 Å². The summed E-state index contributed by atoms with van der Waals surface area (Å²) in [6.45, 7) is 9.64. The van der Waals surface area contributed by atoms with Crippen molar-refractivity contribution in [2.45, 2.75) is 52.9 Å². The van der Waals surface area contributed by atoms with Crippen molar-refractivity contribution in [1.29, 1.82) is 0 Å². The highest BCUT2D eigenvalue weighted by atomic mass is 16.5. The highest BCUT2D eigenvalue weighted by Gasteiger charge is 2.47. The lowest BCUT2D eigenvalue weighted by molar-refractivity contribution is -0.132. The van der Waals surface area contributed by atoms with Crippen molar-refractivity contribution in [2.24, 2.45) is 0 Å². The molecule has 36 heavy (non-hydrogen) atoms. The zero-order valence-corrected chi connectivity index (χ0v) is 21.2. The predicted molar refractivity (Wildman–Crippen MR) is 140 cm³/mol. The molecule has 6 nitrogen and oxygen atoms in total. The van der Waals surface area contributed by atoms with Crippen molar-refractivity contribution >= 4 is 23.1 Å². The minimum Gasteiger partial charge on any atom is -0.507 e. The molecule has 0 aromatic heterocycles. The molecule has 1 N–H and O–H groups in total. The van der Waals surface area contributed by atoms with Gasteiger partial charge in [0.05, 0.1) is 23.8 Å². The van der Waals surface area contributed by atoms with Crippen molar-refractivity contribution in [1.82, 2.24) is 0 Å². The highest BCUT2D eigenvalue weighted by molar-refractivity contribution is 6.51. The van der Waals surface area contributed by atoms with Crippen LogP contribution in [0.2, 0.25) is 0 Å². The summed E-state index contributed by atoms with van der Waals surface area (Å²) in [6, 6.07) is 20.7. The number of hydrogen-bond donors (Lipinski definition) is 1. The summed E-state index contributed by atoms with van der Waals surface area (Å²) in [5.74, 6) is -0.264. The Morgan fingerprint density at radius 3 is 2.08 bits per heavy atom. The number of carbonyl (C=O) groups excluding carboxylic acids is 2. The summed E-state index contributed by atoms with van der Waals surface area (Å²) in [5, 5.41) is 11.4. The largest absolute Gasteiger partial charge is 0.507 e. The third kappa shape index (κ3) is 4.98. The first-order valence-electron chi connectivity index (χ1n) is 12.1. The van der Waals surface area contributed by atoms with Gasteiger partial charge in [-0.3, -0.25) is 14.5 Å². The number of nitrogens with zero attached hydrogens (tertiary/aromatic N) is 1. The molecule has 0 saturated carbocycles. The number of benzene rings is 3. The molecule has 1 heterocycles. The van der Waals surface area contributed by atoms with E-state index in [0.29, 0.717) is 28.3 Å². The van der Waals surface area contributed by atoms with Gasteiger partial charge < -0.3 is 14.6 Å². The molecule has 6 heteroatoms. The van der Waals surface area contributed by atoms with Gasteiger partial charge in [0.2, 0.25) is 0 Å². The third-order valence-corrected chi connectivity index (χ3v) is 5.86. The van der Waals surface area contributed by atoms with E-state index in [-0.39, 0.29) is 23.5 Å². The zero-order valence-electron chi connectivity index (χ0n) is 21.2. The average Bonchev–Trinajstić information content (AvgIpc) is 3.10. The maximum atomic E-state index is 13.3. The van der Waals surface area contributed by atoms with E-state index in [4.69, 9.17) is 9.47 Å². The molecule has 1 amide bonds. The molecule has 3 aromatic carbocycles. The first-order chi connectivity index (χ1) is 17.2. The van der Waals surface area contributed by atoms with E-state index < -0.39 is 17.7 Å². The van der Waals surface area contributed by atoms with Crippen LogP contribution in [0, 0.1) is 6.92 Å². The van der Waals surface area contributed by atoms with E-state index >= 15 is 0 Å². The molecule has 186 valence electrons. The number of rotatable bonds is 7. The predicted octanol–water partition coefficient (Wildman–Crippen LogP) is 6.20. The van der Waals surface area contributed by atoms with Gasteiger partial charge in [-0.15, -0.1) is 0 Å². The quantitative estimate of drug-likeness (QED) is 0.245. The van der Waals surface area contributed by atoms with Crippen LogP contribution in [0.1, 0.15) is 50.4 Å². The van der Waals surface area contributed by atoms with E-state index in [1.165, 1.54) is 4.90 Å². The Morgan fingerprint density at radius 2 is 1.50 bits per heavy atom. The van der Waals surface area contributed by atoms with Crippen molar-refractivity contribution in [3.8, 4) is 11.5 Å². The van der Waals surface area contributed by atoms with E-state index in [1.54, 1.807) is 30.3 Å². The van der Waals surface area contributed by atoms with Gasteiger partial charge in [0, 0.05) is 11.3 Å². The molecule has 1 aliphatic rings. The fourth-order valence-corrected chi connectivity index (χ4v) is 4.34. The number of carbonyl (C=O) groups is 2. The molecule has 1 saturated heterocycles. The summed E-state index contributed by atoms with van der Waals surface area (Å²) in [7, 11) is 0. The van der Waals surface area contributed by atoms with E-state index in [9.17, 15) is 14.7 Å². The van der Waals surface area contributed by atoms with E-state index in [0.717, 1.165) is 5.56 Å². The number of anilines is 1. The van der Waals surface area contributed by atoms with Crippen LogP contribution >= 0.6 is 0 Å². The molecule has 1 atom stereocenters. The summed E-state index contributed by atoms with van der Waals surface area (Å²) >= 11 is 0. The highest BCUT2D eigenvalue weighted by Crippen LogP contribution is 2.42. The summed E-state index contributed by atoms with van der Waals surface area (Å²) in [6.07, 6.45) is 0.0127. The Balaban J connectivity index is 1.85. The van der Waals surface area contributed by atoms with Crippen LogP contribution in [-0.2, 0) is 9.59 Å². The lowest BCUT2D eigenvalue weighted by Crippen LogP contribution is -2.29. The first-order valence-corrected chi connectivity index (χ1v) is 12.1. The number of amides is 1. The Bertz CT molecular complexity index is 1290. The monoisotopic (exact) mass is 485 g/mol. The van der Waals surface area contributed by atoms with Crippen LogP contribution < -0.4 is 14.4 Å². The van der Waals surface area contributed by atoms with Crippen LogP contribution in [0.5, 0.6) is 11.5 Å². The fourth-order valence-electron chi connectivity index (χ4n) is 4.34. The second kappa shape index (κ2) is 10.3. The molecular weight excluding hydrogens is 454 g/mol. The number of hydrogen-bond acceptors (Lipinski definition) is 5. The average molecular weight is 486 g/mol. The molecule has 4 rings (SSSR count). The second-order valence-electron chi connectivity index (χ2n) is 9.39. The van der Waals surface area contributed by atoms with Crippen molar-refractivity contribution in [3.05, 3.63) is 95.1 Å². The lowest BCUT2D eigenvalue weighted by Gasteiger charge is -2.25. The number of aliphatic hydroxyl groups excluding tert-OH is 1. The van der Waals surface area contributed by atoms with Crippen molar-refractivity contribution in [3.63, 3.8) is 0 Å². The van der Waals surface area contributed by atoms with Crippen LogP contribution in [-0.4, -0.2) is 29.0 Å². The Kier molecular flexibility index (Phi) is 7.15. The van der Waals surface area contributed by atoms with Gasteiger partial charge in [0.25, 0.3) is 11.7 Å². The minimum atomic E-state index is -0.799. The summed E-state index contributed by atoms with van der Waals surface area (Å²) in [5.41, 5.74) is 2.56. The number of aliphatic hydroxyl groups is 1. The first kappa shape index (κ1) is 25.0. The lowest BCUT2D eigenvalue weighted by atomic mass is 9.94. The van der Waals surface area contributed by atoms with Crippen molar-refractivity contribution < 1.29 is 24.2 Å². The molecule has 1 unspecified atom stereocenters. The molecule has 0 spiro atoms. The number of ketones is 1. The van der Waals surface area contributed by atoms with Gasteiger partial charge in [0.15, 0.2) is 0 Å². The van der Waals surface area contributed by atoms with Crippen LogP contribution in [0.3, 0.4) is 0 Å². The van der Waals surface area contributed by atoms with E-state index in [2.05, 4.69) is 0 Å². The van der Waals surface area contributed by atoms with Gasteiger partial charge in [0.1, 0.15) is 17.3 Å². The molecule has 0 radical (unpaired) electrons. The molecule has 0 aliphatic carbocycles. The number of aryl methyl sites for hydroxylation is 1. The van der Waals surface area contributed by atoms with Crippen LogP contribution in [0.25, 0.3) is 5.76 Å². The fraction of sp³-hybridized carbons (Fsp3) is 0.267. The van der Waals surface area contributed by atoms with Crippen LogP contribution in [0.4, 0.5) is 5.69 Å².